The Bertz CT molecular complexity index is 552. The second-order valence-corrected chi connectivity index (χ2v) is 5.45. The number of hydrogen-bond acceptors (Lipinski definition) is 2. The number of benzene rings is 1. The SMILES string of the molecule is Cc1cnc(N(C)Cc2ccccc2C)c(Br)c1. The number of hydrogen-bond donors (Lipinski definition) is 0. The van der Waals surface area contributed by atoms with Crippen LogP contribution in [0, 0.1) is 13.8 Å². The van der Waals surface area contributed by atoms with Crippen molar-refractivity contribution < 1.29 is 0 Å². The van der Waals surface area contributed by atoms with Crippen LogP contribution in [0.2, 0.25) is 0 Å². The quantitative estimate of drug-likeness (QED) is 0.849. The second kappa shape index (κ2) is 5.53. The molecule has 0 saturated carbocycles. The van der Waals surface area contributed by atoms with Gasteiger partial charge in [0.1, 0.15) is 5.82 Å². The molecule has 94 valence electrons. The van der Waals surface area contributed by atoms with Gasteiger partial charge in [-0.2, -0.15) is 0 Å². The fraction of sp³-hybridized carbons (Fsp3) is 0.267. The summed E-state index contributed by atoms with van der Waals surface area (Å²) in [5.74, 6) is 0.976. The maximum Gasteiger partial charge on any atom is 0.142 e. The van der Waals surface area contributed by atoms with Crippen molar-refractivity contribution >= 4 is 21.7 Å². The van der Waals surface area contributed by atoms with Crippen molar-refractivity contribution in [3.63, 3.8) is 0 Å². The Kier molecular flexibility index (Phi) is 4.02. The van der Waals surface area contributed by atoms with Gasteiger partial charge in [-0.15, -0.1) is 0 Å². The lowest BCUT2D eigenvalue weighted by Gasteiger charge is -2.20. The first-order chi connectivity index (χ1) is 8.58. The first-order valence-corrected chi connectivity index (χ1v) is 6.75. The van der Waals surface area contributed by atoms with Crippen molar-refractivity contribution in [1.82, 2.24) is 4.98 Å². The lowest BCUT2D eigenvalue weighted by molar-refractivity contribution is 0.885. The van der Waals surface area contributed by atoms with E-state index in [0.717, 1.165) is 22.4 Å². The van der Waals surface area contributed by atoms with Crippen LogP contribution in [0.3, 0.4) is 0 Å². The van der Waals surface area contributed by atoms with E-state index in [1.165, 1.54) is 11.1 Å². The summed E-state index contributed by atoms with van der Waals surface area (Å²) in [6.07, 6.45) is 1.90. The average Bonchev–Trinajstić information content (AvgIpc) is 2.32. The number of halogens is 1. The standard InChI is InChI=1S/C15H17BrN2/c1-11-8-14(16)15(17-9-11)18(3)10-13-7-5-4-6-12(13)2/h4-9H,10H2,1-3H3. The Morgan fingerprint density at radius 1 is 1.22 bits per heavy atom. The molecule has 1 aromatic heterocycles. The highest BCUT2D eigenvalue weighted by Crippen LogP contribution is 2.25. The highest BCUT2D eigenvalue weighted by atomic mass is 79.9. The number of rotatable bonds is 3. The molecule has 18 heavy (non-hydrogen) atoms. The molecule has 2 nitrogen and oxygen atoms in total. The first-order valence-electron chi connectivity index (χ1n) is 5.95. The topological polar surface area (TPSA) is 16.1 Å². The summed E-state index contributed by atoms with van der Waals surface area (Å²) < 4.78 is 1.04. The van der Waals surface area contributed by atoms with Crippen molar-refractivity contribution in [2.45, 2.75) is 20.4 Å². The van der Waals surface area contributed by atoms with Crippen LogP contribution < -0.4 is 4.90 Å². The molecule has 0 bridgehead atoms. The van der Waals surface area contributed by atoms with Crippen molar-refractivity contribution in [3.8, 4) is 0 Å². The zero-order valence-corrected chi connectivity index (χ0v) is 12.5. The summed E-state index contributed by atoms with van der Waals surface area (Å²) in [7, 11) is 2.06. The first kappa shape index (κ1) is 13.1. The van der Waals surface area contributed by atoms with Gasteiger partial charge in [-0.25, -0.2) is 4.98 Å². The molecule has 0 N–H and O–H groups in total. The maximum absolute atomic E-state index is 4.48. The Balaban J connectivity index is 2.22. The summed E-state index contributed by atoms with van der Waals surface area (Å²) in [6.45, 7) is 5.05. The van der Waals surface area contributed by atoms with Gasteiger partial charge < -0.3 is 4.90 Å². The van der Waals surface area contributed by atoms with Crippen molar-refractivity contribution in [1.29, 1.82) is 0 Å². The van der Waals surface area contributed by atoms with Gasteiger partial charge in [0.05, 0.1) is 4.47 Å². The van der Waals surface area contributed by atoms with Crippen LogP contribution in [-0.2, 0) is 6.54 Å². The van der Waals surface area contributed by atoms with Crippen LogP contribution in [0.15, 0.2) is 41.0 Å². The van der Waals surface area contributed by atoms with Gasteiger partial charge >= 0.3 is 0 Å². The maximum atomic E-state index is 4.48. The highest BCUT2D eigenvalue weighted by Gasteiger charge is 2.09. The number of aryl methyl sites for hydroxylation is 2. The van der Waals surface area contributed by atoms with Gasteiger partial charge in [-0.1, -0.05) is 24.3 Å². The van der Waals surface area contributed by atoms with E-state index >= 15 is 0 Å². The minimum Gasteiger partial charge on any atom is -0.354 e. The van der Waals surface area contributed by atoms with E-state index in [0.29, 0.717) is 0 Å². The molecule has 2 rings (SSSR count). The molecule has 3 heteroatoms. The Hall–Kier alpha value is -1.35. The molecule has 0 atom stereocenters. The molecule has 0 saturated heterocycles. The summed E-state index contributed by atoms with van der Waals surface area (Å²) >= 11 is 3.58. The number of pyridine rings is 1. The third kappa shape index (κ3) is 2.91. The van der Waals surface area contributed by atoms with Crippen molar-refractivity contribution in [2.75, 3.05) is 11.9 Å². The number of anilines is 1. The minimum atomic E-state index is 0.862. The van der Waals surface area contributed by atoms with E-state index in [1.807, 2.05) is 13.1 Å². The molecular weight excluding hydrogens is 288 g/mol. The number of aromatic nitrogens is 1. The van der Waals surface area contributed by atoms with Crippen LogP contribution in [0.4, 0.5) is 5.82 Å². The molecule has 0 spiro atoms. The molecule has 0 aliphatic rings. The smallest absolute Gasteiger partial charge is 0.142 e. The van der Waals surface area contributed by atoms with Crippen LogP contribution in [0.25, 0.3) is 0 Å². The molecule has 1 aromatic carbocycles. The fourth-order valence-electron chi connectivity index (χ4n) is 1.93. The molecule has 2 aromatic rings. The van der Waals surface area contributed by atoms with E-state index in [9.17, 15) is 0 Å². The molecule has 0 radical (unpaired) electrons. The number of nitrogens with zero attached hydrogens (tertiary/aromatic N) is 2. The van der Waals surface area contributed by atoms with Gasteiger partial charge in [-0.3, -0.25) is 0 Å². The van der Waals surface area contributed by atoms with Gasteiger partial charge in [0.2, 0.25) is 0 Å². The second-order valence-electron chi connectivity index (χ2n) is 4.60. The Labute approximate surface area is 117 Å². The molecule has 0 unspecified atom stereocenters. The molecule has 0 amide bonds. The fourth-order valence-corrected chi connectivity index (χ4v) is 2.69. The van der Waals surface area contributed by atoms with E-state index in [4.69, 9.17) is 0 Å². The third-order valence-corrected chi connectivity index (χ3v) is 3.57. The highest BCUT2D eigenvalue weighted by molar-refractivity contribution is 9.10. The summed E-state index contributed by atoms with van der Waals surface area (Å²) in [5, 5.41) is 0. The van der Waals surface area contributed by atoms with Crippen LogP contribution in [0.5, 0.6) is 0 Å². The summed E-state index contributed by atoms with van der Waals surface area (Å²) in [6, 6.07) is 10.5. The average molecular weight is 305 g/mol. The zero-order valence-electron chi connectivity index (χ0n) is 10.9. The molecule has 0 aliphatic heterocycles. The molecular formula is C15H17BrN2. The monoisotopic (exact) mass is 304 g/mol. The zero-order chi connectivity index (χ0) is 13.1. The minimum absolute atomic E-state index is 0.862. The predicted octanol–water partition coefficient (Wildman–Crippen LogP) is 4.10. The van der Waals surface area contributed by atoms with E-state index in [-0.39, 0.29) is 0 Å². The van der Waals surface area contributed by atoms with Crippen molar-refractivity contribution in [3.05, 3.63) is 57.7 Å². The lowest BCUT2D eigenvalue weighted by Crippen LogP contribution is -2.18. The molecule has 0 aliphatic carbocycles. The van der Waals surface area contributed by atoms with Crippen LogP contribution >= 0.6 is 15.9 Å². The predicted molar refractivity (Wildman–Crippen MR) is 80.0 cm³/mol. The van der Waals surface area contributed by atoms with Gasteiger partial charge in [-0.05, 0) is 52.5 Å². The summed E-state index contributed by atoms with van der Waals surface area (Å²) in [5.41, 5.74) is 3.80. The molecule has 1 heterocycles. The Morgan fingerprint density at radius 2 is 1.94 bits per heavy atom. The van der Waals surface area contributed by atoms with E-state index in [1.54, 1.807) is 0 Å². The molecule has 0 fully saturated rings. The van der Waals surface area contributed by atoms with Crippen molar-refractivity contribution in [2.24, 2.45) is 0 Å². The summed E-state index contributed by atoms with van der Waals surface area (Å²) in [4.78, 5) is 6.64. The third-order valence-electron chi connectivity index (χ3n) is 2.99. The van der Waals surface area contributed by atoms with Gasteiger partial charge in [0, 0.05) is 19.8 Å². The van der Waals surface area contributed by atoms with Gasteiger partial charge in [0.15, 0.2) is 0 Å². The van der Waals surface area contributed by atoms with Gasteiger partial charge in [0.25, 0.3) is 0 Å². The normalized spacial score (nSPS) is 10.4. The van der Waals surface area contributed by atoms with Crippen LogP contribution in [0.1, 0.15) is 16.7 Å². The Morgan fingerprint density at radius 3 is 2.61 bits per heavy atom. The van der Waals surface area contributed by atoms with E-state index in [2.05, 4.69) is 70.1 Å². The largest absolute Gasteiger partial charge is 0.354 e. The lowest BCUT2D eigenvalue weighted by atomic mass is 10.1. The van der Waals surface area contributed by atoms with E-state index < -0.39 is 0 Å². The van der Waals surface area contributed by atoms with Crippen LogP contribution in [-0.4, -0.2) is 12.0 Å².